The van der Waals surface area contributed by atoms with Crippen LogP contribution < -0.4 is 16.0 Å². The van der Waals surface area contributed by atoms with Crippen LogP contribution in [0.1, 0.15) is 36.8 Å². The van der Waals surface area contributed by atoms with Crippen LogP contribution in [-0.4, -0.2) is 25.0 Å². The lowest BCUT2D eigenvalue weighted by molar-refractivity contribution is -0.120. The standard InChI is InChI=1S/C22H29N3O2/c26-21(17-19-11-5-3-6-12-19)23-15-9-1-2-10-16-24-22(27)25-18-20-13-7-4-8-14-20/h3-8,11-14H,1-2,9-10,15-18H2,(H,23,26)(H2,24,25,27). The van der Waals surface area contributed by atoms with E-state index < -0.39 is 0 Å². The van der Waals surface area contributed by atoms with Crippen molar-refractivity contribution < 1.29 is 9.59 Å². The van der Waals surface area contributed by atoms with Crippen molar-refractivity contribution in [3.63, 3.8) is 0 Å². The maximum absolute atomic E-state index is 11.8. The van der Waals surface area contributed by atoms with Gasteiger partial charge in [-0.05, 0) is 24.0 Å². The van der Waals surface area contributed by atoms with Crippen molar-refractivity contribution in [2.75, 3.05) is 13.1 Å². The van der Waals surface area contributed by atoms with Crippen molar-refractivity contribution in [2.45, 2.75) is 38.6 Å². The lowest BCUT2D eigenvalue weighted by Gasteiger charge is -2.08. The smallest absolute Gasteiger partial charge is 0.315 e. The number of hydrogen-bond donors (Lipinski definition) is 3. The van der Waals surface area contributed by atoms with E-state index in [0.29, 0.717) is 26.1 Å². The summed E-state index contributed by atoms with van der Waals surface area (Å²) in [5, 5.41) is 8.67. The molecule has 0 radical (unpaired) electrons. The summed E-state index contributed by atoms with van der Waals surface area (Å²) in [5.41, 5.74) is 2.12. The highest BCUT2D eigenvalue weighted by Crippen LogP contribution is 2.01. The highest BCUT2D eigenvalue weighted by atomic mass is 16.2. The second-order valence-electron chi connectivity index (χ2n) is 6.52. The fourth-order valence-corrected chi connectivity index (χ4v) is 2.72. The van der Waals surface area contributed by atoms with E-state index in [-0.39, 0.29) is 11.9 Å². The van der Waals surface area contributed by atoms with Crippen LogP contribution >= 0.6 is 0 Å². The maximum Gasteiger partial charge on any atom is 0.315 e. The van der Waals surface area contributed by atoms with Gasteiger partial charge in [-0.2, -0.15) is 0 Å². The molecular weight excluding hydrogens is 338 g/mol. The largest absolute Gasteiger partial charge is 0.356 e. The normalized spacial score (nSPS) is 10.2. The zero-order valence-corrected chi connectivity index (χ0v) is 15.7. The first-order valence-electron chi connectivity index (χ1n) is 9.60. The van der Waals surface area contributed by atoms with Gasteiger partial charge in [0.05, 0.1) is 6.42 Å². The molecule has 2 rings (SSSR count). The maximum atomic E-state index is 11.8. The van der Waals surface area contributed by atoms with Gasteiger partial charge in [-0.15, -0.1) is 0 Å². The summed E-state index contributed by atoms with van der Waals surface area (Å²) >= 11 is 0. The topological polar surface area (TPSA) is 70.2 Å². The number of urea groups is 1. The first-order valence-corrected chi connectivity index (χ1v) is 9.60. The van der Waals surface area contributed by atoms with Crippen LogP contribution in [0.15, 0.2) is 60.7 Å². The van der Waals surface area contributed by atoms with Gasteiger partial charge >= 0.3 is 6.03 Å². The van der Waals surface area contributed by atoms with Crippen molar-refractivity contribution >= 4 is 11.9 Å². The number of carbonyl (C=O) groups is 2. The summed E-state index contributed by atoms with van der Waals surface area (Å²) in [4.78, 5) is 23.5. The van der Waals surface area contributed by atoms with Crippen LogP contribution in [0.25, 0.3) is 0 Å². The van der Waals surface area contributed by atoms with Gasteiger partial charge in [0.1, 0.15) is 0 Å². The van der Waals surface area contributed by atoms with Crippen molar-refractivity contribution in [3.05, 3.63) is 71.8 Å². The molecule has 0 aromatic heterocycles. The molecule has 0 heterocycles. The summed E-state index contributed by atoms with van der Waals surface area (Å²) in [6, 6.07) is 19.5. The summed E-state index contributed by atoms with van der Waals surface area (Å²) in [6.07, 6.45) is 4.41. The molecule has 0 saturated heterocycles. The molecule has 0 spiro atoms. The highest BCUT2D eigenvalue weighted by molar-refractivity contribution is 5.78. The van der Waals surface area contributed by atoms with E-state index in [0.717, 1.165) is 36.8 Å². The number of unbranched alkanes of at least 4 members (excludes halogenated alkanes) is 3. The van der Waals surface area contributed by atoms with E-state index in [2.05, 4.69) is 16.0 Å². The minimum absolute atomic E-state index is 0.0675. The third-order valence-electron chi connectivity index (χ3n) is 4.21. The number of rotatable bonds is 11. The van der Waals surface area contributed by atoms with Crippen LogP contribution in [0.2, 0.25) is 0 Å². The first kappa shape index (κ1) is 20.5. The van der Waals surface area contributed by atoms with Crippen LogP contribution in [-0.2, 0) is 17.8 Å². The molecule has 0 fully saturated rings. The van der Waals surface area contributed by atoms with Crippen LogP contribution in [0, 0.1) is 0 Å². The molecule has 2 aromatic carbocycles. The van der Waals surface area contributed by atoms with Crippen LogP contribution in [0.5, 0.6) is 0 Å². The molecule has 0 saturated carbocycles. The van der Waals surface area contributed by atoms with E-state index in [1.807, 2.05) is 60.7 Å². The van der Waals surface area contributed by atoms with E-state index in [1.165, 1.54) is 0 Å². The summed E-state index contributed by atoms with van der Waals surface area (Å²) in [7, 11) is 0. The molecule has 0 atom stereocenters. The number of hydrogen-bond acceptors (Lipinski definition) is 2. The molecule has 0 aliphatic heterocycles. The monoisotopic (exact) mass is 367 g/mol. The van der Waals surface area contributed by atoms with E-state index in [9.17, 15) is 9.59 Å². The van der Waals surface area contributed by atoms with Crippen molar-refractivity contribution in [1.82, 2.24) is 16.0 Å². The SMILES string of the molecule is O=C(Cc1ccccc1)NCCCCCCNC(=O)NCc1ccccc1. The third kappa shape index (κ3) is 9.45. The van der Waals surface area contributed by atoms with Crippen molar-refractivity contribution in [1.29, 1.82) is 0 Å². The zero-order valence-electron chi connectivity index (χ0n) is 15.7. The van der Waals surface area contributed by atoms with Crippen LogP contribution in [0.4, 0.5) is 4.79 Å². The Labute approximate surface area is 161 Å². The average Bonchev–Trinajstić information content (AvgIpc) is 2.70. The zero-order chi connectivity index (χ0) is 19.2. The molecule has 2 aromatic rings. The lowest BCUT2D eigenvalue weighted by Crippen LogP contribution is -2.35. The summed E-state index contributed by atoms with van der Waals surface area (Å²) in [6.45, 7) is 1.91. The Morgan fingerprint density at radius 2 is 1.19 bits per heavy atom. The molecular formula is C22H29N3O2. The number of amides is 3. The minimum Gasteiger partial charge on any atom is -0.356 e. The van der Waals surface area contributed by atoms with Gasteiger partial charge in [0.2, 0.25) is 5.91 Å². The van der Waals surface area contributed by atoms with Gasteiger partial charge < -0.3 is 16.0 Å². The number of nitrogens with one attached hydrogen (secondary N) is 3. The van der Waals surface area contributed by atoms with E-state index >= 15 is 0 Å². The number of carbonyl (C=O) groups excluding carboxylic acids is 2. The Balaban J connectivity index is 1.41. The van der Waals surface area contributed by atoms with Crippen molar-refractivity contribution in [2.24, 2.45) is 0 Å². The van der Waals surface area contributed by atoms with Gasteiger partial charge in [0.15, 0.2) is 0 Å². The average molecular weight is 367 g/mol. The highest BCUT2D eigenvalue weighted by Gasteiger charge is 2.02. The second kappa shape index (κ2) is 12.5. The lowest BCUT2D eigenvalue weighted by atomic mass is 10.1. The van der Waals surface area contributed by atoms with Gasteiger partial charge in [-0.1, -0.05) is 73.5 Å². The molecule has 3 N–H and O–H groups in total. The molecule has 144 valence electrons. The molecule has 0 aliphatic rings. The van der Waals surface area contributed by atoms with E-state index in [4.69, 9.17) is 0 Å². The predicted octanol–water partition coefficient (Wildman–Crippen LogP) is 3.41. The van der Waals surface area contributed by atoms with Crippen LogP contribution in [0.3, 0.4) is 0 Å². The Bertz CT molecular complexity index is 674. The Morgan fingerprint density at radius 3 is 1.81 bits per heavy atom. The fraction of sp³-hybridized carbons (Fsp3) is 0.364. The molecule has 0 bridgehead atoms. The Kier molecular flexibility index (Phi) is 9.50. The van der Waals surface area contributed by atoms with Gasteiger partial charge in [0.25, 0.3) is 0 Å². The fourth-order valence-electron chi connectivity index (χ4n) is 2.72. The predicted molar refractivity (Wildman–Crippen MR) is 108 cm³/mol. The van der Waals surface area contributed by atoms with Crippen molar-refractivity contribution in [3.8, 4) is 0 Å². The molecule has 0 unspecified atom stereocenters. The molecule has 5 nitrogen and oxygen atoms in total. The third-order valence-corrected chi connectivity index (χ3v) is 4.21. The first-order chi connectivity index (χ1) is 13.2. The van der Waals surface area contributed by atoms with E-state index in [1.54, 1.807) is 0 Å². The number of benzene rings is 2. The summed E-state index contributed by atoms with van der Waals surface area (Å²) < 4.78 is 0. The van der Waals surface area contributed by atoms with Gasteiger partial charge in [0, 0.05) is 19.6 Å². The molecule has 0 aliphatic carbocycles. The molecule has 5 heteroatoms. The molecule has 27 heavy (non-hydrogen) atoms. The quantitative estimate of drug-likeness (QED) is 0.533. The molecule has 3 amide bonds. The minimum atomic E-state index is -0.132. The Morgan fingerprint density at radius 1 is 0.630 bits per heavy atom. The summed E-state index contributed by atoms with van der Waals surface area (Å²) in [5.74, 6) is 0.0675. The van der Waals surface area contributed by atoms with Gasteiger partial charge in [-0.25, -0.2) is 4.79 Å². The second-order valence-corrected chi connectivity index (χ2v) is 6.52. The Hall–Kier alpha value is -2.82. The van der Waals surface area contributed by atoms with Gasteiger partial charge in [-0.3, -0.25) is 4.79 Å².